The highest BCUT2D eigenvalue weighted by molar-refractivity contribution is 6.11. The second-order valence-electron chi connectivity index (χ2n) is 6.62. The van der Waals surface area contributed by atoms with Crippen LogP contribution in [-0.4, -0.2) is 39.6 Å². The van der Waals surface area contributed by atoms with Crippen LogP contribution in [0.4, 0.5) is 11.4 Å². The van der Waals surface area contributed by atoms with Gasteiger partial charge in [-0.3, -0.25) is 14.3 Å². The van der Waals surface area contributed by atoms with Crippen LogP contribution in [0.15, 0.2) is 48.8 Å². The van der Waals surface area contributed by atoms with Crippen molar-refractivity contribution in [1.29, 1.82) is 0 Å². The van der Waals surface area contributed by atoms with Crippen LogP contribution in [0, 0.1) is 0 Å². The average molecular weight is 377 g/mol. The Morgan fingerprint density at radius 2 is 1.86 bits per heavy atom. The van der Waals surface area contributed by atoms with E-state index in [2.05, 4.69) is 10.1 Å². The number of aromatic nitrogens is 3. The summed E-state index contributed by atoms with van der Waals surface area (Å²) in [6.07, 6.45) is 2.98. The number of benzene rings is 1. The number of carbonyl (C=O) groups is 2. The highest BCUT2D eigenvalue weighted by Crippen LogP contribution is 2.28. The molecule has 4 rings (SSSR count). The van der Waals surface area contributed by atoms with Crippen LogP contribution >= 0.6 is 0 Å². The molecule has 8 nitrogen and oxygen atoms in total. The summed E-state index contributed by atoms with van der Waals surface area (Å²) in [7, 11) is 1.52. The number of hydrogen-bond acceptors (Lipinski definition) is 6. The molecule has 0 spiro atoms. The van der Waals surface area contributed by atoms with Gasteiger partial charge in [0.15, 0.2) is 5.78 Å². The maximum Gasteiger partial charge on any atom is 0.279 e. The van der Waals surface area contributed by atoms with Gasteiger partial charge in [-0.15, -0.1) is 0 Å². The van der Waals surface area contributed by atoms with Crippen molar-refractivity contribution < 1.29 is 14.3 Å². The first-order chi connectivity index (χ1) is 13.5. The monoisotopic (exact) mass is 377 g/mol. The highest BCUT2D eigenvalue weighted by atomic mass is 16.5. The summed E-state index contributed by atoms with van der Waals surface area (Å²) in [5.74, 6) is 0.0947. The van der Waals surface area contributed by atoms with E-state index in [9.17, 15) is 9.59 Å². The van der Waals surface area contributed by atoms with E-state index in [4.69, 9.17) is 10.5 Å². The van der Waals surface area contributed by atoms with Crippen LogP contribution in [0.5, 0.6) is 5.88 Å². The van der Waals surface area contributed by atoms with Crippen molar-refractivity contribution >= 4 is 23.1 Å². The van der Waals surface area contributed by atoms with E-state index in [1.165, 1.54) is 19.5 Å². The van der Waals surface area contributed by atoms with Gasteiger partial charge in [0.1, 0.15) is 5.69 Å². The Morgan fingerprint density at radius 3 is 2.50 bits per heavy atom. The van der Waals surface area contributed by atoms with Gasteiger partial charge in [-0.25, -0.2) is 4.98 Å². The molecule has 0 bridgehead atoms. The number of ketones is 1. The van der Waals surface area contributed by atoms with Crippen molar-refractivity contribution in [3.05, 3.63) is 65.6 Å². The van der Waals surface area contributed by atoms with Gasteiger partial charge in [-0.2, -0.15) is 5.10 Å². The van der Waals surface area contributed by atoms with E-state index in [1.54, 1.807) is 46.0 Å². The van der Waals surface area contributed by atoms with Gasteiger partial charge in [-0.05, 0) is 37.3 Å². The number of carbonyl (C=O) groups excluding carboxylic acids is 2. The summed E-state index contributed by atoms with van der Waals surface area (Å²) >= 11 is 0. The zero-order valence-corrected chi connectivity index (χ0v) is 15.5. The lowest BCUT2D eigenvalue weighted by molar-refractivity contribution is 0.0947. The third-order valence-corrected chi connectivity index (χ3v) is 4.78. The maximum absolute atomic E-state index is 12.9. The van der Waals surface area contributed by atoms with E-state index in [0.29, 0.717) is 40.6 Å². The van der Waals surface area contributed by atoms with Crippen molar-refractivity contribution in [3.8, 4) is 5.88 Å². The van der Waals surface area contributed by atoms with Crippen LogP contribution in [0.1, 0.15) is 33.3 Å². The molecule has 1 atom stereocenters. The summed E-state index contributed by atoms with van der Waals surface area (Å²) in [6, 6.07) is 10.2. The van der Waals surface area contributed by atoms with Gasteiger partial charge in [0.2, 0.25) is 5.88 Å². The number of nitrogen functional groups attached to an aromatic ring is 1. The standard InChI is InChI=1S/C20H19N5O3/c1-12-11-24-18(16(21)10-23-24)20(27)25(12)15-6-3-13(4-7-15)19(26)14-5-8-17(28-2)22-9-14/h3-10,12H,11,21H2,1-2H3/t12-/m0/s1. The number of nitrogens with two attached hydrogens (primary N) is 1. The average Bonchev–Trinajstić information content (AvgIpc) is 3.08. The number of anilines is 2. The van der Waals surface area contributed by atoms with Gasteiger partial charge in [0.05, 0.1) is 31.6 Å². The lowest BCUT2D eigenvalue weighted by atomic mass is 10.0. The number of nitrogens with zero attached hydrogens (tertiary/aromatic N) is 4. The summed E-state index contributed by atoms with van der Waals surface area (Å²) in [5, 5.41) is 4.15. The Morgan fingerprint density at radius 1 is 1.14 bits per heavy atom. The zero-order chi connectivity index (χ0) is 19.8. The van der Waals surface area contributed by atoms with E-state index < -0.39 is 0 Å². The largest absolute Gasteiger partial charge is 0.481 e. The molecular weight excluding hydrogens is 358 g/mol. The minimum Gasteiger partial charge on any atom is -0.481 e. The topological polar surface area (TPSA) is 103 Å². The Balaban J connectivity index is 1.60. The van der Waals surface area contributed by atoms with Gasteiger partial charge >= 0.3 is 0 Å². The van der Waals surface area contributed by atoms with Gasteiger partial charge in [-0.1, -0.05) is 0 Å². The third-order valence-electron chi connectivity index (χ3n) is 4.78. The van der Waals surface area contributed by atoms with Gasteiger partial charge in [0, 0.05) is 29.1 Å². The first-order valence-electron chi connectivity index (χ1n) is 8.79. The molecule has 142 valence electrons. The molecule has 0 fully saturated rings. The number of ether oxygens (including phenoxy) is 1. The molecule has 3 aromatic rings. The van der Waals surface area contributed by atoms with E-state index in [1.807, 2.05) is 6.92 Å². The Hall–Kier alpha value is -3.68. The number of rotatable bonds is 4. The first kappa shape index (κ1) is 17.7. The molecule has 28 heavy (non-hydrogen) atoms. The van der Waals surface area contributed by atoms with Crippen LogP contribution in [0.25, 0.3) is 0 Å². The lowest BCUT2D eigenvalue weighted by Crippen LogP contribution is -2.47. The molecule has 0 radical (unpaired) electrons. The van der Waals surface area contributed by atoms with E-state index >= 15 is 0 Å². The number of amides is 1. The molecule has 0 unspecified atom stereocenters. The van der Waals surface area contributed by atoms with Crippen molar-refractivity contribution in [2.24, 2.45) is 0 Å². The summed E-state index contributed by atoms with van der Waals surface area (Å²) < 4.78 is 6.64. The Labute approximate surface area is 161 Å². The molecule has 2 N–H and O–H groups in total. The minimum atomic E-state index is -0.202. The fourth-order valence-electron chi connectivity index (χ4n) is 3.37. The third kappa shape index (κ3) is 2.88. The SMILES string of the molecule is COc1ccc(C(=O)c2ccc(N3C(=O)c4c(N)cnn4C[C@@H]3C)cc2)cn1. The van der Waals surface area contributed by atoms with Crippen LogP contribution in [0.3, 0.4) is 0 Å². The first-order valence-corrected chi connectivity index (χ1v) is 8.79. The van der Waals surface area contributed by atoms with Crippen LogP contribution in [0.2, 0.25) is 0 Å². The van der Waals surface area contributed by atoms with Gasteiger partial charge < -0.3 is 15.4 Å². The predicted octanol–water partition coefficient (Wildman–Crippen LogP) is 2.15. The van der Waals surface area contributed by atoms with Crippen molar-refractivity contribution in [1.82, 2.24) is 14.8 Å². The highest BCUT2D eigenvalue weighted by Gasteiger charge is 2.33. The molecule has 1 aliphatic rings. The molecule has 3 heterocycles. The molecule has 0 saturated heterocycles. The number of hydrogen-bond donors (Lipinski definition) is 1. The molecule has 0 saturated carbocycles. The van der Waals surface area contributed by atoms with Crippen molar-refractivity contribution in [2.75, 3.05) is 17.7 Å². The number of pyridine rings is 1. The predicted molar refractivity (Wildman–Crippen MR) is 104 cm³/mol. The number of methoxy groups -OCH3 is 1. The fourth-order valence-corrected chi connectivity index (χ4v) is 3.37. The quantitative estimate of drug-likeness (QED) is 0.699. The normalized spacial score (nSPS) is 16.0. The second-order valence-corrected chi connectivity index (χ2v) is 6.62. The summed E-state index contributed by atoms with van der Waals surface area (Å²) in [4.78, 5) is 31.3. The number of fused-ring (bicyclic) bond motifs is 1. The van der Waals surface area contributed by atoms with E-state index in [-0.39, 0.29) is 17.7 Å². The maximum atomic E-state index is 12.9. The van der Waals surface area contributed by atoms with E-state index in [0.717, 1.165) is 0 Å². The summed E-state index contributed by atoms with van der Waals surface area (Å²) in [5.41, 5.74) is 8.33. The molecule has 2 aromatic heterocycles. The second kappa shape index (κ2) is 6.80. The molecule has 1 aliphatic heterocycles. The minimum absolute atomic E-state index is 0.0911. The Bertz CT molecular complexity index is 1040. The summed E-state index contributed by atoms with van der Waals surface area (Å²) in [6.45, 7) is 2.50. The smallest absolute Gasteiger partial charge is 0.279 e. The van der Waals surface area contributed by atoms with Gasteiger partial charge in [0.25, 0.3) is 5.91 Å². The van der Waals surface area contributed by atoms with Crippen molar-refractivity contribution in [3.63, 3.8) is 0 Å². The molecule has 1 aromatic carbocycles. The molecule has 8 heteroatoms. The Kier molecular flexibility index (Phi) is 4.31. The van der Waals surface area contributed by atoms with Crippen molar-refractivity contribution in [2.45, 2.75) is 19.5 Å². The van der Waals surface area contributed by atoms with Crippen LogP contribution < -0.4 is 15.4 Å². The zero-order valence-electron chi connectivity index (χ0n) is 15.5. The molecule has 1 amide bonds. The molecular formula is C20H19N5O3. The van der Waals surface area contributed by atoms with Crippen LogP contribution in [-0.2, 0) is 6.54 Å². The lowest BCUT2D eigenvalue weighted by Gasteiger charge is -2.34. The molecule has 0 aliphatic carbocycles. The fraction of sp³-hybridized carbons (Fsp3) is 0.200.